The number of methoxy groups -OCH3 is 2. The van der Waals surface area contributed by atoms with Crippen LogP contribution in [0.1, 0.15) is 24.1 Å². The predicted molar refractivity (Wildman–Crippen MR) is 143 cm³/mol. The summed E-state index contributed by atoms with van der Waals surface area (Å²) >= 11 is 0. The summed E-state index contributed by atoms with van der Waals surface area (Å²) in [7, 11) is 4.90. The van der Waals surface area contributed by atoms with Gasteiger partial charge in [-0.05, 0) is 48.4 Å². The van der Waals surface area contributed by atoms with Crippen molar-refractivity contribution in [2.45, 2.75) is 13.0 Å². The zero-order chi connectivity index (χ0) is 26.4. The van der Waals surface area contributed by atoms with Crippen LogP contribution in [0.3, 0.4) is 0 Å². The van der Waals surface area contributed by atoms with Crippen LogP contribution >= 0.6 is 0 Å². The normalized spacial score (nSPS) is 11.9. The van der Waals surface area contributed by atoms with E-state index in [4.69, 9.17) is 9.47 Å². The van der Waals surface area contributed by atoms with Gasteiger partial charge in [0.05, 0.1) is 32.1 Å². The Balaban J connectivity index is 1.52. The third-order valence-electron chi connectivity index (χ3n) is 6.07. The van der Waals surface area contributed by atoms with Gasteiger partial charge in [-0.2, -0.15) is 5.26 Å². The molecule has 0 fully saturated rings. The van der Waals surface area contributed by atoms with Gasteiger partial charge in [-0.3, -0.25) is 4.79 Å². The Bertz CT molecular complexity index is 1450. The van der Waals surface area contributed by atoms with Crippen LogP contribution in [0, 0.1) is 11.3 Å². The molecule has 0 saturated carbocycles. The molecule has 0 radical (unpaired) electrons. The quantitative estimate of drug-likeness (QED) is 0.246. The van der Waals surface area contributed by atoms with E-state index in [1.807, 2.05) is 66.7 Å². The standard InChI is InChI=1S/C29H27N5O3/c1-20(29(35)33(2)25-8-6-5-7-9-25)34-19-26(31-32-34)23-13-11-22(12-14-23)24(18-30)16-21-10-15-27(36-3)28(17-21)37-4/h5-17,19-20H,1-4H3/b24-16+. The Morgan fingerprint density at radius 2 is 1.73 bits per heavy atom. The minimum atomic E-state index is -0.527. The highest BCUT2D eigenvalue weighted by Crippen LogP contribution is 2.30. The minimum Gasteiger partial charge on any atom is -0.493 e. The lowest BCUT2D eigenvalue weighted by molar-refractivity contribution is -0.121. The van der Waals surface area contributed by atoms with E-state index in [9.17, 15) is 10.1 Å². The molecule has 186 valence electrons. The molecule has 8 nitrogen and oxygen atoms in total. The molecule has 4 aromatic rings. The number of aromatic nitrogens is 3. The number of allylic oxidation sites excluding steroid dienone is 1. The van der Waals surface area contributed by atoms with Crippen molar-refractivity contribution in [3.05, 3.63) is 90.1 Å². The van der Waals surface area contributed by atoms with Crippen LogP contribution in [-0.2, 0) is 4.79 Å². The summed E-state index contributed by atoms with van der Waals surface area (Å²) in [6.07, 6.45) is 3.55. The number of ether oxygens (including phenoxy) is 2. The molecule has 3 aromatic carbocycles. The molecule has 0 bridgehead atoms. The van der Waals surface area contributed by atoms with E-state index in [0.29, 0.717) is 22.8 Å². The fourth-order valence-corrected chi connectivity index (χ4v) is 3.88. The second-order valence-corrected chi connectivity index (χ2v) is 8.35. The van der Waals surface area contributed by atoms with E-state index in [1.165, 1.54) is 0 Å². The molecular formula is C29H27N5O3. The minimum absolute atomic E-state index is 0.100. The molecule has 0 aliphatic carbocycles. The van der Waals surface area contributed by atoms with Gasteiger partial charge in [-0.25, -0.2) is 4.68 Å². The van der Waals surface area contributed by atoms with Gasteiger partial charge in [-0.15, -0.1) is 5.10 Å². The SMILES string of the molecule is COc1ccc(/C=C(\C#N)c2ccc(-c3cn(C(C)C(=O)N(C)c4ccccc4)nn3)cc2)cc1OC. The Kier molecular flexibility index (Phi) is 7.65. The van der Waals surface area contributed by atoms with Crippen LogP contribution in [0.4, 0.5) is 5.69 Å². The first kappa shape index (κ1) is 25.2. The van der Waals surface area contributed by atoms with E-state index < -0.39 is 6.04 Å². The zero-order valence-electron chi connectivity index (χ0n) is 21.1. The summed E-state index contributed by atoms with van der Waals surface area (Å²) in [6, 6.07) is 24.2. The van der Waals surface area contributed by atoms with E-state index in [-0.39, 0.29) is 5.91 Å². The van der Waals surface area contributed by atoms with Crippen LogP contribution in [0.15, 0.2) is 79.0 Å². The number of nitriles is 1. The second kappa shape index (κ2) is 11.2. The molecule has 1 unspecified atom stereocenters. The average Bonchev–Trinajstić information content (AvgIpc) is 3.45. The number of carbonyl (C=O) groups excluding carboxylic acids is 1. The van der Waals surface area contributed by atoms with Crippen molar-refractivity contribution in [1.29, 1.82) is 5.26 Å². The number of rotatable bonds is 8. The van der Waals surface area contributed by atoms with Gasteiger partial charge < -0.3 is 14.4 Å². The van der Waals surface area contributed by atoms with Crippen molar-refractivity contribution >= 4 is 23.2 Å². The zero-order valence-corrected chi connectivity index (χ0v) is 21.1. The highest BCUT2D eigenvalue weighted by Gasteiger charge is 2.22. The third-order valence-corrected chi connectivity index (χ3v) is 6.07. The number of hydrogen-bond acceptors (Lipinski definition) is 6. The van der Waals surface area contributed by atoms with Gasteiger partial charge in [0, 0.05) is 18.3 Å². The highest BCUT2D eigenvalue weighted by molar-refractivity contribution is 5.95. The Hall–Kier alpha value is -4.90. The first-order valence-corrected chi connectivity index (χ1v) is 11.6. The van der Waals surface area contributed by atoms with E-state index >= 15 is 0 Å². The molecular weight excluding hydrogens is 466 g/mol. The smallest absolute Gasteiger partial charge is 0.251 e. The summed E-state index contributed by atoms with van der Waals surface area (Å²) in [5, 5.41) is 18.2. The number of hydrogen-bond donors (Lipinski definition) is 0. The van der Waals surface area contributed by atoms with Gasteiger partial charge in [0.1, 0.15) is 11.7 Å². The first-order chi connectivity index (χ1) is 17.9. The van der Waals surface area contributed by atoms with E-state index in [0.717, 1.165) is 22.4 Å². The van der Waals surface area contributed by atoms with Crippen molar-refractivity contribution in [3.8, 4) is 28.8 Å². The number of anilines is 1. The molecule has 0 N–H and O–H groups in total. The maximum atomic E-state index is 13.0. The summed E-state index contributed by atoms with van der Waals surface area (Å²) in [6.45, 7) is 1.79. The molecule has 4 rings (SSSR count). The van der Waals surface area contributed by atoms with Crippen LogP contribution in [0.5, 0.6) is 11.5 Å². The third kappa shape index (κ3) is 5.52. The van der Waals surface area contributed by atoms with Gasteiger partial charge in [0.15, 0.2) is 11.5 Å². The predicted octanol–water partition coefficient (Wildman–Crippen LogP) is 5.25. The van der Waals surface area contributed by atoms with Crippen molar-refractivity contribution in [2.75, 3.05) is 26.2 Å². The van der Waals surface area contributed by atoms with Gasteiger partial charge in [0.25, 0.3) is 5.91 Å². The number of para-hydroxylation sites is 1. The lowest BCUT2D eigenvalue weighted by atomic mass is 10.0. The van der Waals surface area contributed by atoms with E-state index in [1.54, 1.807) is 56.1 Å². The average molecular weight is 494 g/mol. The molecule has 37 heavy (non-hydrogen) atoms. The fourth-order valence-electron chi connectivity index (χ4n) is 3.88. The lowest BCUT2D eigenvalue weighted by Crippen LogP contribution is -2.33. The molecule has 0 aliphatic heterocycles. The summed E-state index contributed by atoms with van der Waals surface area (Å²) in [5.74, 6) is 1.12. The number of likely N-dealkylation sites (N-methyl/N-ethyl adjacent to an activating group) is 1. The first-order valence-electron chi connectivity index (χ1n) is 11.6. The van der Waals surface area contributed by atoms with Gasteiger partial charge >= 0.3 is 0 Å². The Morgan fingerprint density at radius 3 is 2.38 bits per heavy atom. The fraction of sp³-hybridized carbons (Fsp3) is 0.172. The number of amides is 1. The molecule has 1 heterocycles. The summed E-state index contributed by atoms with van der Waals surface area (Å²) in [5.41, 5.74) is 4.36. The van der Waals surface area contributed by atoms with Crippen LogP contribution < -0.4 is 14.4 Å². The number of carbonyl (C=O) groups is 1. The van der Waals surface area contributed by atoms with Crippen LogP contribution in [-0.4, -0.2) is 42.2 Å². The molecule has 1 aromatic heterocycles. The van der Waals surface area contributed by atoms with Crippen molar-refractivity contribution < 1.29 is 14.3 Å². The van der Waals surface area contributed by atoms with Crippen molar-refractivity contribution in [2.24, 2.45) is 0 Å². The maximum absolute atomic E-state index is 13.0. The monoisotopic (exact) mass is 493 g/mol. The summed E-state index contributed by atoms with van der Waals surface area (Å²) in [4.78, 5) is 14.6. The molecule has 0 spiro atoms. The van der Waals surface area contributed by atoms with Gasteiger partial charge in [-0.1, -0.05) is 53.7 Å². The lowest BCUT2D eigenvalue weighted by Gasteiger charge is -2.21. The largest absolute Gasteiger partial charge is 0.493 e. The maximum Gasteiger partial charge on any atom is 0.251 e. The van der Waals surface area contributed by atoms with Crippen LogP contribution in [0.25, 0.3) is 22.9 Å². The second-order valence-electron chi connectivity index (χ2n) is 8.35. The topological polar surface area (TPSA) is 93.3 Å². The van der Waals surface area contributed by atoms with E-state index in [2.05, 4.69) is 16.4 Å². The molecule has 1 amide bonds. The van der Waals surface area contributed by atoms with Crippen molar-refractivity contribution in [3.63, 3.8) is 0 Å². The molecule has 1 atom stereocenters. The Labute approximate surface area is 216 Å². The van der Waals surface area contributed by atoms with Crippen LogP contribution in [0.2, 0.25) is 0 Å². The number of benzene rings is 3. The van der Waals surface area contributed by atoms with Crippen molar-refractivity contribution in [1.82, 2.24) is 15.0 Å². The van der Waals surface area contributed by atoms with Gasteiger partial charge in [0.2, 0.25) is 0 Å². The molecule has 0 saturated heterocycles. The number of nitrogens with zero attached hydrogens (tertiary/aromatic N) is 5. The highest BCUT2D eigenvalue weighted by atomic mass is 16.5. The molecule has 8 heteroatoms. The Morgan fingerprint density at radius 1 is 1.03 bits per heavy atom. The summed E-state index contributed by atoms with van der Waals surface area (Å²) < 4.78 is 12.2. The molecule has 0 aliphatic rings.